The first-order chi connectivity index (χ1) is 2.27. The Morgan fingerprint density at radius 1 is 2.00 bits per heavy atom. The summed E-state index contributed by atoms with van der Waals surface area (Å²) in [6.07, 6.45) is 0. The Labute approximate surface area is 33.7 Å². The molecular weight excluding hydrogens is 60.9 g/mol. The van der Waals surface area contributed by atoms with Crippen LogP contribution in [0.1, 0.15) is 6.92 Å². The average Bonchev–Trinajstić information content (AvgIpc) is 1.38. The lowest BCUT2D eigenvalue weighted by molar-refractivity contribution is -0.358. The van der Waals surface area contributed by atoms with E-state index in [1.165, 1.54) is 0 Å². The monoisotopic (exact) mass is 70.1 g/mol. The number of hydrogen-bond acceptors (Lipinski definition) is 0. The van der Waals surface area contributed by atoms with Crippen molar-refractivity contribution in [3.63, 3.8) is 0 Å². The summed E-state index contributed by atoms with van der Waals surface area (Å²) in [5, 5.41) is 0. The van der Waals surface area contributed by atoms with Gasteiger partial charge in [-0.2, -0.15) is 0 Å². The van der Waals surface area contributed by atoms with Gasteiger partial charge in [-0.15, -0.1) is 0 Å². The van der Waals surface area contributed by atoms with Gasteiger partial charge in [-0.25, -0.2) is 0 Å². The maximum atomic E-state index is 3.59. The molecule has 0 aliphatic heterocycles. The highest BCUT2D eigenvalue weighted by Gasteiger charge is 1.73. The fraction of sp³-hybridized carbons (Fsp3) is 0.667. The van der Waals surface area contributed by atoms with Crippen molar-refractivity contribution >= 4 is 14.7 Å². The quantitative estimate of drug-likeness (QED) is 0.282. The molecular formula is C3H9BN+. The molecule has 0 aliphatic rings. The SMILES string of the molecule is B[N+](=C)CC. The summed E-state index contributed by atoms with van der Waals surface area (Å²) in [6.45, 7) is 6.68. The molecule has 0 atom stereocenters. The second kappa shape index (κ2) is 2.00. The van der Waals surface area contributed by atoms with Crippen molar-refractivity contribution in [1.29, 1.82) is 0 Å². The molecule has 0 radical (unpaired) electrons. The van der Waals surface area contributed by atoms with Crippen molar-refractivity contribution in [1.82, 2.24) is 0 Å². The molecule has 1 nitrogen and oxygen atoms in total. The molecule has 0 spiro atoms. The second-order valence-electron chi connectivity index (χ2n) is 1.17. The maximum absolute atomic E-state index is 3.59. The molecule has 0 unspecified atom stereocenters. The first kappa shape index (κ1) is 4.73. The lowest BCUT2D eigenvalue weighted by Crippen LogP contribution is -2.00. The zero-order valence-corrected chi connectivity index (χ0v) is 3.86. The van der Waals surface area contributed by atoms with Gasteiger partial charge >= 0.3 is 7.98 Å². The normalized spacial score (nSPS) is 7.40. The Balaban J connectivity index is 2.85. The van der Waals surface area contributed by atoms with Gasteiger partial charge in [0.25, 0.3) is 0 Å². The molecule has 0 fully saturated rings. The summed E-state index contributed by atoms with van der Waals surface area (Å²) in [7, 11) is 1.94. The molecule has 0 N–H and O–H groups in total. The van der Waals surface area contributed by atoms with Crippen molar-refractivity contribution in [2.24, 2.45) is 0 Å². The van der Waals surface area contributed by atoms with Crippen LogP contribution in [0.4, 0.5) is 0 Å². The Bertz CT molecular complexity index is 42.2. The van der Waals surface area contributed by atoms with Gasteiger partial charge < -0.3 is 4.49 Å². The van der Waals surface area contributed by atoms with Crippen LogP contribution < -0.4 is 0 Å². The van der Waals surface area contributed by atoms with E-state index < -0.39 is 0 Å². The highest BCUT2D eigenvalue weighted by atomic mass is 14.8. The van der Waals surface area contributed by atoms with Crippen molar-refractivity contribution in [3.05, 3.63) is 0 Å². The van der Waals surface area contributed by atoms with E-state index in [-0.39, 0.29) is 0 Å². The van der Waals surface area contributed by atoms with Gasteiger partial charge in [0.05, 0.1) is 0 Å². The van der Waals surface area contributed by atoms with Gasteiger partial charge in [0.2, 0.25) is 0 Å². The Kier molecular flexibility index (Phi) is 1.90. The maximum Gasteiger partial charge on any atom is 0.449 e. The van der Waals surface area contributed by atoms with Gasteiger partial charge in [0.1, 0.15) is 13.3 Å². The molecule has 0 saturated carbocycles. The third-order valence-electron chi connectivity index (χ3n) is 0.540. The molecule has 0 saturated heterocycles. The van der Waals surface area contributed by atoms with E-state index in [0.717, 1.165) is 6.54 Å². The van der Waals surface area contributed by atoms with Gasteiger partial charge in [0.15, 0.2) is 0 Å². The molecule has 0 bridgehead atoms. The summed E-state index contributed by atoms with van der Waals surface area (Å²) in [4.78, 5) is 0. The summed E-state index contributed by atoms with van der Waals surface area (Å²) in [5.41, 5.74) is 0. The smallest absolute Gasteiger partial charge is 0.333 e. The molecule has 0 aromatic heterocycles. The van der Waals surface area contributed by atoms with Crippen molar-refractivity contribution < 1.29 is 4.49 Å². The molecule has 2 heteroatoms. The summed E-state index contributed by atoms with van der Waals surface area (Å²) < 4.78 is 1.88. The minimum atomic E-state index is 1.03. The molecule has 0 heterocycles. The van der Waals surface area contributed by atoms with E-state index in [1.807, 2.05) is 12.5 Å². The van der Waals surface area contributed by atoms with Crippen molar-refractivity contribution in [3.8, 4) is 0 Å². The zero-order valence-electron chi connectivity index (χ0n) is 3.86. The number of rotatable bonds is 1. The Morgan fingerprint density at radius 2 is 2.20 bits per heavy atom. The van der Waals surface area contributed by atoms with Crippen LogP contribution in [0, 0.1) is 0 Å². The van der Waals surface area contributed by atoms with E-state index >= 15 is 0 Å². The molecule has 0 amide bonds. The summed E-state index contributed by atoms with van der Waals surface area (Å²) in [5.74, 6) is 0. The van der Waals surface area contributed by atoms with Crippen molar-refractivity contribution in [2.75, 3.05) is 6.54 Å². The van der Waals surface area contributed by atoms with Gasteiger partial charge in [0, 0.05) is 0 Å². The molecule has 0 aliphatic carbocycles. The van der Waals surface area contributed by atoms with Crippen LogP contribution >= 0.6 is 0 Å². The number of hydrogen-bond donors (Lipinski definition) is 0. The standard InChI is InChI=1S/C3H9BN/c1-3-5(2)4/h2-4H2,1H3/q+1. The lowest BCUT2D eigenvalue weighted by Gasteiger charge is -1.79. The zero-order chi connectivity index (χ0) is 4.28. The minimum absolute atomic E-state index is 1.03. The predicted octanol–water partition coefficient (Wildman–Crippen LogP) is -0.733. The number of nitrogens with zero attached hydrogens (tertiary/aromatic N) is 1. The van der Waals surface area contributed by atoms with E-state index in [9.17, 15) is 0 Å². The van der Waals surface area contributed by atoms with Gasteiger partial charge in [-0.3, -0.25) is 0 Å². The van der Waals surface area contributed by atoms with Crippen LogP contribution in [0.2, 0.25) is 0 Å². The third-order valence-corrected chi connectivity index (χ3v) is 0.540. The lowest BCUT2D eigenvalue weighted by atomic mass is 10.4. The molecule has 0 aromatic carbocycles. The van der Waals surface area contributed by atoms with Gasteiger partial charge in [-0.05, 0) is 6.92 Å². The second-order valence-corrected chi connectivity index (χ2v) is 1.17. The predicted molar refractivity (Wildman–Crippen MR) is 26.5 cm³/mol. The van der Waals surface area contributed by atoms with E-state index in [1.54, 1.807) is 0 Å². The van der Waals surface area contributed by atoms with Crippen LogP contribution in [0.25, 0.3) is 0 Å². The van der Waals surface area contributed by atoms with Crippen LogP contribution in [0.15, 0.2) is 0 Å². The van der Waals surface area contributed by atoms with Crippen molar-refractivity contribution in [2.45, 2.75) is 6.92 Å². The summed E-state index contributed by atoms with van der Waals surface area (Å²) >= 11 is 0. The largest absolute Gasteiger partial charge is 0.449 e. The average molecular weight is 69.9 g/mol. The van der Waals surface area contributed by atoms with E-state index in [0.29, 0.717) is 0 Å². The fourth-order valence-electron chi connectivity index (χ4n) is 0. The topological polar surface area (TPSA) is 3.01 Å². The van der Waals surface area contributed by atoms with Crippen LogP contribution in [-0.2, 0) is 0 Å². The molecule has 0 aromatic rings. The molecule has 5 heavy (non-hydrogen) atoms. The fourth-order valence-corrected chi connectivity index (χ4v) is 0. The summed E-state index contributed by atoms with van der Waals surface area (Å²) in [6, 6.07) is 0. The van der Waals surface area contributed by atoms with Crippen LogP contribution in [0.3, 0.4) is 0 Å². The van der Waals surface area contributed by atoms with Crippen LogP contribution in [0.5, 0.6) is 0 Å². The first-order valence-corrected chi connectivity index (χ1v) is 1.79. The minimum Gasteiger partial charge on any atom is -0.333 e. The van der Waals surface area contributed by atoms with E-state index in [4.69, 9.17) is 0 Å². The third kappa shape index (κ3) is 3.73. The molecule has 0 rings (SSSR count). The Morgan fingerprint density at radius 3 is 2.20 bits per heavy atom. The van der Waals surface area contributed by atoms with Gasteiger partial charge in [-0.1, -0.05) is 0 Å². The first-order valence-electron chi connectivity index (χ1n) is 1.79. The highest BCUT2D eigenvalue weighted by molar-refractivity contribution is 5.96. The van der Waals surface area contributed by atoms with Crippen LogP contribution in [-0.4, -0.2) is 25.7 Å². The highest BCUT2D eigenvalue weighted by Crippen LogP contribution is 1.50. The van der Waals surface area contributed by atoms with E-state index in [2.05, 4.69) is 13.6 Å². The Hall–Kier alpha value is -0.265. The molecule has 28 valence electrons.